The molecule has 0 bridgehead atoms. The highest BCUT2D eigenvalue weighted by atomic mass is 16.5. The zero-order chi connectivity index (χ0) is 21.0. The van der Waals surface area contributed by atoms with E-state index in [1.165, 1.54) is 10.5 Å². The van der Waals surface area contributed by atoms with Gasteiger partial charge in [-0.05, 0) is 24.3 Å². The maximum atomic E-state index is 10.5. The van der Waals surface area contributed by atoms with Crippen LogP contribution in [0.3, 0.4) is 0 Å². The molecule has 0 unspecified atom stereocenters. The summed E-state index contributed by atoms with van der Waals surface area (Å²) in [6.07, 6.45) is -0.470. The van der Waals surface area contributed by atoms with Crippen LogP contribution in [0.4, 0.5) is 0 Å². The molecule has 5 nitrogen and oxygen atoms in total. The minimum Gasteiger partial charge on any atom is -0.491 e. The number of piperazine rings is 1. The molecule has 1 aromatic heterocycles. The molecule has 31 heavy (non-hydrogen) atoms. The smallest absolute Gasteiger partial charge is 0.137 e. The Labute approximate surface area is 182 Å². The van der Waals surface area contributed by atoms with E-state index in [-0.39, 0.29) is 0 Å². The Morgan fingerprint density at radius 3 is 2.35 bits per heavy atom. The first kappa shape index (κ1) is 20.1. The third kappa shape index (κ3) is 4.74. The molecule has 0 saturated carbocycles. The van der Waals surface area contributed by atoms with Crippen LogP contribution in [-0.4, -0.2) is 50.5 Å². The number of aliphatic hydroxyl groups excluding tert-OH is 1. The Morgan fingerprint density at radius 2 is 1.52 bits per heavy atom. The topological polar surface area (TPSA) is 51.5 Å². The van der Waals surface area contributed by atoms with E-state index < -0.39 is 6.10 Å². The molecular weight excluding hydrogens is 388 g/mol. The third-order valence-electron chi connectivity index (χ3n) is 6.28. The van der Waals surface area contributed by atoms with Gasteiger partial charge in [0, 0.05) is 16.3 Å². The SMILES string of the molecule is O[C@H](COc1ccc2oc3ccccc3c2c1)C[NH+]1CC[NH+](Cc2ccccc2)CC1. The molecule has 1 aliphatic rings. The maximum absolute atomic E-state index is 10.5. The fraction of sp³-hybridized carbons (Fsp3) is 0.308. The summed E-state index contributed by atoms with van der Waals surface area (Å²) in [7, 11) is 0. The summed E-state index contributed by atoms with van der Waals surface area (Å²) in [6, 6.07) is 24.6. The Bertz CT molecular complexity index is 1130. The summed E-state index contributed by atoms with van der Waals surface area (Å²) in [6.45, 7) is 6.59. The number of quaternary nitrogens is 2. The van der Waals surface area contributed by atoms with Crippen molar-refractivity contribution in [2.45, 2.75) is 12.6 Å². The van der Waals surface area contributed by atoms with Gasteiger partial charge in [0.25, 0.3) is 0 Å². The molecule has 5 heteroatoms. The van der Waals surface area contributed by atoms with Gasteiger partial charge in [0.1, 0.15) is 68.9 Å². The van der Waals surface area contributed by atoms with Crippen LogP contribution in [0.25, 0.3) is 21.9 Å². The molecule has 0 aliphatic carbocycles. The van der Waals surface area contributed by atoms with Gasteiger partial charge in [-0.15, -0.1) is 0 Å². The predicted molar refractivity (Wildman–Crippen MR) is 122 cm³/mol. The number of aliphatic hydroxyl groups is 1. The van der Waals surface area contributed by atoms with E-state index in [4.69, 9.17) is 9.15 Å². The fourth-order valence-corrected chi connectivity index (χ4v) is 4.60. The molecule has 3 aromatic carbocycles. The highest BCUT2D eigenvalue weighted by Gasteiger charge is 2.25. The lowest BCUT2D eigenvalue weighted by Crippen LogP contribution is -3.28. The van der Waals surface area contributed by atoms with Crippen LogP contribution in [0.1, 0.15) is 5.56 Å². The van der Waals surface area contributed by atoms with Crippen molar-refractivity contribution >= 4 is 21.9 Å². The molecule has 1 aliphatic heterocycles. The number of rotatable bonds is 7. The van der Waals surface area contributed by atoms with Gasteiger partial charge in [-0.2, -0.15) is 0 Å². The van der Waals surface area contributed by atoms with E-state index in [0.29, 0.717) is 6.61 Å². The van der Waals surface area contributed by atoms with Crippen LogP contribution in [0.15, 0.2) is 77.2 Å². The van der Waals surface area contributed by atoms with E-state index in [0.717, 1.165) is 67.0 Å². The van der Waals surface area contributed by atoms with Gasteiger partial charge in [-0.3, -0.25) is 0 Å². The Morgan fingerprint density at radius 1 is 0.806 bits per heavy atom. The average molecular weight is 419 g/mol. The summed E-state index contributed by atoms with van der Waals surface area (Å²) in [4.78, 5) is 3.09. The number of furan rings is 1. The highest BCUT2D eigenvalue weighted by Crippen LogP contribution is 2.31. The lowest BCUT2D eigenvalue weighted by molar-refractivity contribution is -1.02. The standard InChI is InChI=1S/C26H28N2O3/c29-21(18-28-14-12-27(13-15-28)17-20-6-2-1-3-7-20)19-30-22-10-11-26-24(16-22)23-8-4-5-9-25(23)31-26/h1-11,16,21,29H,12-15,17-19H2/p+2/t21-/m0/s1. The van der Waals surface area contributed by atoms with Gasteiger partial charge in [0.2, 0.25) is 0 Å². The van der Waals surface area contributed by atoms with Crippen LogP contribution in [0.5, 0.6) is 5.75 Å². The van der Waals surface area contributed by atoms with Crippen molar-refractivity contribution in [3.63, 3.8) is 0 Å². The zero-order valence-electron chi connectivity index (χ0n) is 17.7. The molecule has 3 N–H and O–H groups in total. The molecule has 1 atom stereocenters. The third-order valence-corrected chi connectivity index (χ3v) is 6.28. The average Bonchev–Trinajstić information content (AvgIpc) is 3.18. The molecule has 0 radical (unpaired) electrons. The quantitative estimate of drug-likeness (QED) is 0.424. The van der Waals surface area contributed by atoms with Crippen molar-refractivity contribution < 1.29 is 24.1 Å². The van der Waals surface area contributed by atoms with Gasteiger partial charge < -0.3 is 24.1 Å². The van der Waals surface area contributed by atoms with Crippen LogP contribution in [0, 0.1) is 0 Å². The molecule has 160 valence electrons. The van der Waals surface area contributed by atoms with Gasteiger partial charge >= 0.3 is 0 Å². The van der Waals surface area contributed by atoms with E-state index in [1.54, 1.807) is 4.90 Å². The first-order valence-electron chi connectivity index (χ1n) is 11.2. The van der Waals surface area contributed by atoms with Crippen molar-refractivity contribution in [3.05, 3.63) is 78.4 Å². The van der Waals surface area contributed by atoms with Crippen LogP contribution in [0.2, 0.25) is 0 Å². The largest absolute Gasteiger partial charge is 0.491 e. The van der Waals surface area contributed by atoms with Crippen molar-refractivity contribution in [2.24, 2.45) is 0 Å². The first-order chi connectivity index (χ1) is 15.2. The van der Waals surface area contributed by atoms with Crippen molar-refractivity contribution in [1.82, 2.24) is 0 Å². The van der Waals surface area contributed by atoms with Crippen molar-refractivity contribution in [1.29, 1.82) is 0 Å². The zero-order valence-corrected chi connectivity index (χ0v) is 17.7. The molecule has 5 rings (SSSR count). The molecule has 1 fully saturated rings. The highest BCUT2D eigenvalue weighted by molar-refractivity contribution is 6.05. The molecule has 1 saturated heterocycles. The van der Waals surface area contributed by atoms with Crippen molar-refractivity contribution in [3.8, 4) is 5.75 Å². The second kappa shape index (κ2) is 9.10. The maximum Gasteiger partial charge on any atom is 0.137 e. The van der Waals surface area contributed by atoms with E-state index >= 15 is 0 Å². The van der Waals surface area contributed by atoms with Crippen molar-refractivity contribution in [2.75, 3.05) is 39.3 Å². The fourth-order valence-electron chi connectivity index (χ4n) is 4.60. The Hall–Kier alpha value is -2.86. The molecule has 4 aromatic rings. The minimum atomic E-state index is -0.470. The molecule has 2 heterocycles. The summed E-state index contributed by atoms with van der Waals surface area (Å²) in [5.41, 5.74) is 3.14. The number of benzene rings is 3. The monoisotopic (exact) mass is 418 g/mol. The second-order valence-corrected chi connectivity index (χ2v) is 8.59. The Kier molecular flexibility index (Phi) is 5.89. The van der Waals surface area contributed by atoms with Crippen LogP contribution in [-0.2, 0) is 6.54 Å². The second-order valence-electron chi connectivity index (χ2n) is 8.59. The van der Waals surface area contributed by atoms with E-state index in [1.807, 2.05) is 36.4 Å². The summed E-state index contributed by atoms with van der Waals surface area (Å²) >= 11 is 0. The summed E-state index contributed by atoms with van der Waals surface area (Å²) in [5, 5.41) is 12.7. The molecule has 0 spiro atoms. The van der Waals surface area contributed by atoms with Gasteiger partial charge in [-0.1, -0.05) is 48.5 Å². The van der Waals surface area contributed by atoms with Crippen LogP contribution >= 0.6 is 0 Å². The summed E-state index contributed by atoms with van der Waals surface area (Å²) in [5.74, 6) is 0.769. The summed E-state index contributed by atoms with van der Waals surface area (Å²) < 4.78 is 11.8. The number of hydrogen-bond acceptors (Lipinski definition) is 3. The van der Waals surface area contributed by atoms with Gasteiger partial charge in [0.05, 0.1) is 0 Å². The number of nitrogens with one attached hydrogen (secondary N) is 2. The number of hydrogen-bond donors (Lipinski definition) is 3. The normalized spacial score (nSPS) is 20.2. The molecule has 0 amide bonds. The first-order valence-corrected chi connectivity index (χ1v) is 11.2. The van der Waals surface area contributed by atoms with E-state index in [2.05, 4.69) is 36.4 Å². The predicted octanol–water partition coefficient (Wildman–Crippen LogP) is 1.31. The van der Waals surface area contributed by atoms with E-state index in [9.17, 15) is 5.11 Å². The Balaban J connectivity index is 1.11. The number of para-hydroxylation sites is 1. The van der Waals surface area contributed by atoms with Gasteiger partial charge in [0.15, 0.2) is 0 Å². The number of ether oxygens (including phenoxy) is 1. The lowest BCUT2D eigenvalue weighted by atomic mass is 10.1. The van der Waals surface area contributed by atoms with Gasteiger partial charge in [-0.25, -0.2) is 0 Å². The minimum absolute atomic E-state index is 0.311. The number of fused-ring (bicyclic) bond motifs is 3. The van der Waals surface area contributed by atoms with Crippen LogP contribution < -0.4 is 14.5 Å². The lowest BCUT2D eigenvalue weighted by Gasteiger charge is -2.30. The molecular formula is C26H30N2O3+2.